The second-order valence-electron chi connectivity index (χ2n) is 5.08. The van der Waals surface area contributed by atoms with Crippen molar-refractivity contribution in [3.05, 3.63) is 42.1 Å². The van der Waals surface area contributed by atoms with Gasteiger partial charge >= 0.3 is 0 Å². The molecule has 0 aliphatic rings. The average molecular weight is 338 g/mol. The maximum atomic E-state index is 13.0. The van der Waals surface area contributed by atoms with Gasteiger partial charge in [0.05, 0.1) is 17.5 Å². The first-order chi connectivity index (χ1) is 10.7. The number of likely N-dealkylation sites (N-methyl/N-ethyl adjacent to an activating group) is 1. The van der Waals surface area contributed by atoms with Gasteiger partial charge in [0.25, 0.3) is 5.89 Å². The summed E-state index contributed by atoms with van der Waals surface area (Å²) in [5.74, 6) is 0.737. The van der Waals surface area contributed by atoms with Crippen molar-refractivity contribution in [3.63, 3.8) is 0 Å². The lowest BCUT2D eigenvalue weighted by atomic mass is 10.1. The summed E-state index contributed by atoms with van der Waals surface area (Å²) in [5.41, 5.74) is 2.22. The second kappa shape index (κ2) is 7.34. The fraction of sp³-hybridized carbons (Fsp3) is 0.267. The summed E-state index contributed by atoms with van der Waals surface area (Å²) in [7, 11) is 1.88. The molecule has 23 heavy (non-hydrogen) atoms. The van der Waals surface area contributed by atoms with Gasteiger partial charge in [0.2, 0.25) is 0 Å². The summed E-state index contributed by atoms with van der Waals surface area (Å²) in [5, 5.41) is 14.0. The Morgan fingerprint density at radius 3 is 2.74 bits per heavy atom. The minimum Gasteiger partial charge on any atom is -0.334 e. The van der Waals surface area contributed by atoms with E-state index < -0.39 is 0 Å². The van der Waals surface area contributed by atoms with Crippen LogP contribution in [0.15, 0.2) is 35.0 Å². The number of rotatable bonds is 5. The molecule has 8 heteroatoms. The van der Waals surface area contributed by atoms with Crippen molar-refractivity contribution in [2.45, 2.75) is 19.4 Å². The molecule has 122 valence electrons. The zero-order valence-corrected chi connectivity index (χ0v) is 13.5. The van der Waals surface area contributed by atoms with Crippen molar-refractivity contribution < 1.29 is 8.91 Å². The molecule has 0 saturated heterocycles. The molecule has 0 aliphatic heterocycles. The highest BCUT2D eigenvalue weighted by Crippen LogP contribution is 2.29. The Hall–Kier alpha value is -2.25. The number of hydrogen-bond acceptors (Lipinski definition) is 5. The Labute approximate surface area is 138 Å². The van der Waals surface area contributed by atoms with E-state index >= 15 is 0 Å². The Kier molecular flexibility index (Phi) is 5.46. The largest absolute Gasteiger partial charge is 0.334 e. The number of halogens is 2. The lowest BCUT2D eigenvalue weighted by molar-refractivity contribution is 0.418. The standard InChI is InChI=1S/C15H16FN5O.ClH/c1-9(17-2)7-13-19-15(22-21-13)12-8-18-20-14(12)10-3-5-11(16)6-4-10;/h3-6,8-9,17H,7H2,1-2H3,(H,18,20);1H. The number of H-pyrrole nitrogens is 1. The van der Waals surface area contributed by atoms with Gasteiger partial charge in [-0.25, -0.2) is 4.39 Å². The van der Waals surface area contributed by atoms with Crippen LogP contribution in [0.4, 0.5) is 4.39 Å². The first-order valence-electron chi connectivity index (χ1n) is 6.97. The molecular weight excluding hydrogens is 321 g/mol. The maximum absolute atomic E-state index is 13.0. The van der Waals surface area contributed by atoms with Crippen molar-refractivity contribution in [1.82, 2.24) is 25.7 Å². The molecular formula is C15H17ClFN5O. The van der Waals surface area contributed by atoms with E-state index in [0.29, 0.717) is 23.7 Å². The maximum Gasteiger partial charge on any atom is 0.261 e. The molecule has 2 aromatic heterocycles. The topological polar surface area (TPSA) is 79.6 Å². The molecule has 2 heterocycles. The van der Waals surface area contributed by atoms with E-state index in [1.807, 2.05) is 14.0 Å². The molecule has 3 aromatic rings. The number of nitrogens with one attached hydrogen (secondary N) is 2. The second-order valence-corrected chi connectivity index (χ2v) is 5.08. The quantitative estimate of drug-likeness (QED) is 0.748. The number of benzene rings is 1. The Balaban J connectivity index is 0.00000192. The Morgan fingerprint density at radius 1 is 1.30 bits per heavy atom. The first kappa shape index (κ1) is 17.1. The van der Waals surface area contributed by atoms with E-state index in [0.717, 1.165) is 11.3 Å². The number of aromatic nitrogens is 4. The summed E-state index contributed by atoms with van der Waals surface area (Å²) in [6, 6.07) is 6.40. The summed E-state index contributed by atoms with van der Waals surface area (Å²) >= 11 is 0. The monoisotopic (exact) mass is 337 g/mol. The number of aromatic amines is 1. The van der Waals surface area contributed by atoms with Crippen LogP contribution in [0.1, 0.15) is 12.7 Å². The Morgan fingerprint density at radius 2 is 2.04 bits per heavy atom. The highest BCUT2D eigenvalue weighted by Gasteiger charge is 2.17. The van der Waals surface area contributed by atoms with Crippen LogP contribution in [0, 0.1) is 5.82 Å². The van der Waals surface area contributed by atoms with E-state index in [2.05, 4.69) is 25.7 Å². The van der Waals surface area contributed by atoms with Crippen LogP contribution >= 0.6 is 12.4 Å². The number of hydrogen-bond donors (Lipinski definition) is 2. The van der Waals surface area contributed by atoms with Crippen LogP contribution in [0.5, 0.6) is 0 Å². The Bertz CT molecular complexity index is 755. The van der Waals surface area contributed by atoms with Gasteiger partial charge in [0.1, 0.15) is 5.82 Å². The molecule has 0 saturated carbocycles. The highest BCUT2D eigenvalue weighted by molar-refractivity contribution is 5.85. The van der Waals surface area contributed by atoms with Crippen molar-refractivity contribution >= 4 is 12.4 Å². The fourth-order valence-corrected chi connectivity index (χ4v) is 2.11. The van der Waals surface area contributed by atoms with Gasteiger partial charge in [-0.2, -0.15) is 10.1 Å². The summed E-state index contributed by atoms with van der Waals surface area (Å²) in [4.78, 5) is 4.39. The zero-order valence-electron chi connectivity index (χ0n) is 12.7. The first-order valence-corrected chi connectivity index (χ1v) is 6.97. The minimum atomic E-state index is -0.286. The van der Waals surface area contributed by atoms with Gasteiger partial charge in [-0.05, 0) is 38.2 Å². The van der Waals surface area contributed by atoms with Crippen LogP contribution in [0.25, 0.3) is 22.7 Å². The third kappa shape index (κ3) is 3.75. The van der Waals surface area contributed by atoms with Crippen LogP contribution in [-0.2, 0) is 6.42 Å². The smallest absolute Gasteiger partial charge is 0.261 e. The summed E-state index contributed by atoms with van der Waals surface area (Å²) in [6.45, 7) is 2.04. The molecule has 1 unspecified atom stereocenters. The lowest BCUT2D eigenvalue weighted by Gasteiger charge is -2.04. The van der Waals surface area contributed by atoms with Gasteiger partial charge in [0.15, 0.2) is 5.82 Å². The van der Waals surface area contributed by atoms with Crippen LogP contribution in [0.2, 0.25) is 0 Å². The van der Waals surface area contributed by atoms with E-state index in [1.165, 1.54) is 12.1 Å². The van der Waals surface area contributed by atoms with Crippen LogP contribution < -0.4 is 5.32 Å². The molecule has 0 amide bonds. The third-order valence-corrected chi connectivity index (χ3v) is 3.45. The van der Waals surface area contributed by atoms with Gasteiger partial charge < -0.3 is 9.84 Å². The van der Waals surface area contributed by atoms with E-state index in [4.69, 9.17) is 4.52 Å². The highest BCUT2D eigenvalue weighted by atomic mass is 35.5. The number of nitrogens with zero attached hydrogens (tertiary/aromatic N) is 3. The van der Waals surface area contributed by atoms with Gasteiger partial charge in [-0.3, -0.25) is 5.10 Å². The predicted octanol–water partition coefficient (Wildman–Crippen LogP) is 2.84. The molecule has 2 N–H and O–H groups in total. The SMILES string of the molecule is CNC(C)Cc1noc(-c2cn[nH]c2-c2ccc(F)cc2)n1.Cl. The molecule has 0 spiro atoms. The molecule has 0 bridgehead atoms. The zero-order chi connectivity index (χ0) is 15.5. The van der Waals surface area contributed by atoms with Crippen molar-refractivity contribution in [1.29, 1.82) is 0 Å². The third-order valence-electron chi connectivity index (χ3n) is 3.45. The van der Waals surface area contributed by atoms with E-state index in [9.17, 15) is 4.39 Å². The minimum absolute atomic E-state index is 0. The lowest BCUT2D eigenvalue weighted by Crippen LogP contribution is -2.24. The van der Waals surface area contributed by atoms with Crippen LogP contribution in [0.3, 0.4) is 0 Å². The normalized spacial score (nSPS) is 12.0. The molecule has 0 fully saturated rings. The van der Waals surface area contributed by atoms with Crippen molar-refractivity contribution in [2.75, 3.05) is 7.05 Å². The molecule has 3 rings (SSSR count). The molecule has 1 atom stereocenters. The van der Waals surface area contributed by atoms with E-state index in [-0.39, 0.29) is 24.3 Å². The molecule has 1 aromatic carbocycles. The fourth-order valence-electron chi connectivity index (χ4n) is 2.11. The molecule has 0 radical (unpaired) electrons. The van der Waals surface area contributed by atoms with E-state index in [1.54, 1.807) is 18.3 Å². The van der Waals surface area contributed by atoms with Gasteiger partial charge in [-0.15, -0.1) is 12.4 Å². The van der Waals surface area contributed by atoms with Crippen molar-refractivity contribution in [3.8, 4) is 22.7 Å². The predicted molar refractivity (Wildman–Crippen MR) is 86.7 cm³/mol. The van der Waals surface area contributed by atoms with Crippen LogP contribution in [-0.4, -0.2) is 33.4 Å². The van der Waals surface area contributed by atoms with Gasteiger partial charge in [-0.1, -0.05) is 5.16 Å². The summed E-state index contributed by atoms with van der Waals surface area (Å²) in [6.07, 6.45) is 2.29. The summed E-state index contributed by atoms with van der Waals surface area (Å²) < 4.78 is 18.4. The average Bonchev–Trinajstić information content (AvgIpc) is 3.16. The molecule has 6 nitrogen and oxygen atoms in total. The molecule has 0 aliphatic carbocycles. The van der Waals surface area contributed by atoms with Crippen molar-refractivity contribution in [2.24, 2.45) is 0 Å². The van der Waals surface area contributed by atoms with Gasteiger partial charge in [0, 0.05) is 18.0 Å².